The lowest BCUT2D eigenvalue weighted by molar-refractivity contribution is -0.123. The Kier molecular flexibility index (Phi) is 6.66. The van der Waals surface area contributed by atoms with Crippen molar-refractivity contribution >= 4 is 11.7 Å². The molecule has 1 aliphatic rings. The summed E-state index contributed by atoms with van der Waals surface area (Å²) in [7, 11) is 0. The molecule has 0 bridgehead atoms. The van der Waals surface area contributed by atoms with Crippen LogP contribution in [0.5, 0.6) is 0 Å². The van der Waals surface area contributed by atoms with Crippen LogP contribution in [0.15, 0.2) is 21.8 Å². The summed E-state index contributed by atoms with van der Waals surface area (Å²) in [5, 5.41) is 37.1. The van der Waals surface area contributed by atoms with Gasteiger partial charge in [-0.3, -0.25) is 20.5 Å². The van der Waals surface area contributed by atoms with Gasteiger partial charge in [0.15, 0.2) is 23.2 Å². The lowest BCUT2D eigenvalue weighted by Crippen LogP contribution is -2.40. The van der Waals surface area contributed by atoms with E-state index >= 15 is 0 Å². The molecule has 3 rings (SSSR count). The summed E-state index contributed by atoms with van der Waals surface area (Å²) in [6.07, 6.45) is -0.284. The predicted octanol–water partition coefficient (Wildman–Crippen LogP) is -0.770. The van der Waals surface area contributed by atoms with Crippen LogP contribution in [0.2, 0.25) is 0 Å². The third-order valence-electron chi connectivity index (χ3n) is 4.66. The maximum absolute atomic E-state index is 13.6. The molecular weight excluding hydrogens is 406 g/mol. The van der Waals surface area contributed by atoms with Gasteiger partial charge in [-0.1, -0.05) is 5.16 Å². The van der Waals surface area contributed by atoms with Crippen molar-refractivity contribution in [2.45, 2.75) is 31.0 Å². The molecule has 0 aliphatic heterocycles. The predicted molar refractivity (Wildman–Crippen MR) is 96.2 cm³/mol. The number of nitrogens with two attached hydrogens (primary N) is 1. The van der Waals surface area contributed by atoms with E-state index in [1.54, 1.807) is 0 Å². The minimum absolute atomic E-state index is 0.154. The molecule has 1 amide bonds. The standard InChI is InChI=1S/C17H20F2N6O5/c18-10-3-7-1-2-12(9(7)4-11(10)19)22-16(23-29)15-14(24-30-25-15)13(20)17(28)21-5-8(27)6-26/h3-4,8,12-13,26-27,29H,1-2,5-6,20H2,(H,21,28)(H,22,23). The van der Waals surface area contributed by atoms with Crippen molar-refractivity contribution in [3.05, 3.63) is 46.3 Å². The fraction of sp³-hybridized carbons (Fsp3) is 0.412. The number of amidine groups is 1. The van der Waals surface area contributed by atoms with Crippen LogP contribution in [0.3, 0.4) is 0 Å². The molecule has 7 N–H and O–H groups in total. The van der Waals surface area contributed by atoms with Crippen LogP contribution in [0, 0.1) is 11.6 Å². The van der Waals surface area contributed by atoms with Crippen molar-refractivity contribution in [3.8, 4) is 0 Å². The van der Waals surface area contributed by atoms with Gasteiger partial charge in [-0.15, -0.1) is 0 Å². The lowest BCUT2D eigenvalue weighted by Gasteiger charge is -2.14. The quantitative estimate of drug-likeness (QED) is 0.188. The van der Waals surface area contributed by atoms with Crippen molar-refractivity contribution in [1.82, 2.24) is 21.1 Å². The number of aromatic nitrogens is 2. The highest BCUT2D eigenvalue weighted by molar-refractivity contribution is 5.98. The second-order valence-electron chi connectivity index (χ2n) is 6.67. The Labute approximate surface area is 168 Å². The maximum atomic E-state index is 13.6. The Morgan fingerprint density at radius 3 is 2.80 bits per heavy atom. The van der Waals surface area contributed by atoms with E-state index in [0.717, 1.165) is 12.1 Å². The minimum Gasteiger partial charge on any atom is -0.394 e. The highest BCUT2D eigenvalue weighted by Gasteiger charge is 2.30. The Bertz CT molecular complexity index is 953. The average molecular weight is 426 g/mol. The molecule has 1 aliphatic carbocycles. The number of nitrogens with zero attached hydrogens (tertiary/aromatic N) is 3. The molecule has 0 saturated heterocycles. The molecule has 1 aromatic carbocycles. The topological polar surface area (TPSA) is 179 Å². The fourth-order valence-electron chi connectivity index (χ4n) is 3.09. The first kappa shape index (κ1) is 21.7. The number of carbonyl (C=O) groups excluding carboxylic acids is 1. The van der Waals surface area contributed by atoms with E-state index in [1.807, 2.05) is 5.48 Å². The van der Waals surface area contributed by atoms with Crippen LogP contribution in [0.4, 0.5) is 8.78 Å². The van der Waals surface area contributed by atoms with Crippen molar-refractivity contribution in [3.63, 3.8) is 0 Å². The zero-order valence-electron chi connectivity index (χ0n) is 15.5. The van der Waals surface area contributed by atoms with E-state index in [2.05, 4.69) is 25.3 Å². The molecule has 0 spiro atoms. The zero-order chi connectivity index (χ0) is 21.8. The molecule has 2 aromatic rings. The third kappa shape index (κ3) is 4.43. The minimum atomic E-state index is -1.39. The number of hydroxylamine groups is 1. The molecule has 3 unspecified atom stereocenters. The molecule has 1 aromatic heterocycles. The number of aliphatic imine (C=N–C) groups is 1. The van der Waals surface area contributed by atoms with Crippen molar-refractivity contribution < 1.29 is 33.6 Å². The average Bonchev–Trinajstić information content (AvgIpc) is 3.37. The number of halogens is 2. The first-order valence-corrected chi connectivity index (χ1v) is 8.96. The number of aliphatic hydroxyl groups is 2. The van der Waals surface area contributed by atoms with Crippen molar-refractivity contribution in [1.29, 1.82) is 0 Å². The maximum Gasteiger partial charge on any atom is 0.243 e. The highest BCUT2D eigenvalue weighted by Crippen LogP contribution is 2.35. The van der Waals surface area contributed by atoms with Gasteiger partial charge in [-0.25, -0.2) is 13.4 Å². The summed E-state index contributed by atoms with van der Waals surface area (Å²) >= 11 is 0. The fourth-order valence-corrected chi connectivity index (χ4v) is 3.09. The van der Waals surface area contributed by atoms with Crippen LogP contribution in [-0.4, -0.2) is 56.7 Å². The summed E-state index contributed by atoms with van der Waals surface area (Å²) in [6.45, 7) is -0.797. The number of hydrogen-bond acceptors (Lipinski definition) is 9. The summed E-state index contributed by atoms with van der Waals surface area (Å²) in [5.74, 6) is -2.94. The van der Waals surface area contributed by atoms with Gasteiger partial charge in [0.05, 0.1) is 18.8 Å². The van der Waals surface area contributed by atoms with Gasteiger partial charge in [-0.05, 0) is 41.3 Å². The monoisotopic (exact) mass is 426 g/mol. The second-order valence-corrected chi connectivity index (χ2v) is 6.67. The molecule has 0 saturated carbocycles. The van der Waals surface area contributed by atoms with E-state index in [0.29, 0.717) is 24.0 Å². The summed E-state index contributed by atoms with van der Waals surface area (Å²) < 4.78 is 31.7. The molecule has 0 fully saturated rings. The van der Waals surface area contributed by atoms with Gasteiger partial charge in [0.2, 0.25) is 5.91 Å². The molecule has 1 heterocycles. The lowest BCUT2D eigenvalue weighted by atomic mass is 10.1. The third-order valence-corrected chi connectivity index (χ3v) is 4.66. The number of benzene rings is 1. The number of carbonyl (C=O) groups is 1. The molecule has 3 atom stereocenters. The number of fused-ring (bicyclic) bond motifs is 1. The van der Waals surface area contributed by atoms with Crippen molar-refractivity contribution in [2.75, 3.05) is 13.2 Å². The Morgan fingerprint density at radius 2 is 2.10 bits per heavy atom. The first-order valence-electron chi connectivity index (χ1n) is 8.96. The number of amides is 1. The molecule has 0 radical (unpaired) electrons. The van der Waals surface area contributed by atoms with Gasteiger partial charge in [0.25, 0.3) is 0 Å². The summed E-state index contributed by atoms with van der Waals surface area (Å²) in [6, 6.07) is 0.155. The van der Waals surface area contributed by atoms with Gasteiger partial charge in [-0.2, -0.15) is 0 Å². The van der Waals surface area contributed by atoms with E-state index in [1.165, 1.54) is 0 Å². The van der Waals surface area contributed by atoms with E-state index in [9.17, 15) is 23.9 Å². The first-order chi connectivity index (χ1) is 14.3. The van der Waals surface area contributed by atoms with Crippen LogP contribution in [-0.2, 0) is 11.2 Å². The van der Waals surface area contributed by atoms with Crippen molar-refractivity contribution in [2.24, 2.45) is 10.7 Å². The largest absolute Gasteiger partial charge is 0.394 e. The Hall–Kier alpha value is -3.00. The molecule has 13 heteroatoms. The normalized spacial score (nSPS) is 18.1. The van der Waals surface area contributed by atoms with Gasteiger partial charge in [0, 0.05) is 6.54 Å². The summed E-state index contributed by atoms with van der Waals surface area (Å²) in [4.78, 5) is 16.4. The Morgan fingerprint density at radius 1 is 1.37 bits per heavy atom. The number of nitrogens with one attached hydrogen (secondary N) is 2. The van der Waals surface area contributed by atoms with Crippen LogP contribution >= 0.6 is 0 Å². The SMILES string of the molecule is NC(C(=O)NCC(O)CO)c1nonc1C(=NC1CCc2cc(F)c(F)cc21)NO. The van der Waals surface area contributed by atoms with Crippen LogP contribution in [0.25, 0.3) is 0 Å². The van der Waals surface area contributed by atoms with Gasteiger partial charge < -0.3 is 21.3 Å². The number of rotatable bonds is 7. The van der Waals surface area contributed by atoms with E-state index in [-0.39, 0.29) is 23.8 Å². The zero-order valence-corrected chi connectivity index (χ0v) is 15.5. The van der Waals surface area contributed by atoms with Gasteiger partial charge >= 0.3 is 0 Å². The molecular formula is C17H20F2N6O5. The number of aryl methyl sites for hydroxylation is 1. The van der Waals surface area contributed by atoms with E-state index < -0.39 is 42.3 Å². The smallest absolute Gasteiger partial charge is 0.243 e. The van der Waals surface area contributed by atoms with E-state index in [4.69, 9.17) is 10.8 Å². The number of aliphatic hydroxyl groups excluding tert-OH is 2. The van der Waals surface area contributed by atoms with Gasteiger partial charge in [0.1, 0.15) is 11.7 Å². The molecule has 11 nitrogen and oxygen atoms in total. The van der Waals surface area contributed by atoms with Crippen LogP contribution in [0.1, 0.15) is 41.0 Å². The molecule has 162 valence electrons. The molecule has 30 heavy (non-hydrogen) atoms. The summed E-state index contributed by atoms with van der Waals surface area (Å²) in [5.41, 5.74) is 8.43. The second kappa shape index (κ2) is 9.21. The highest BCUT2D eigenvalue weighted by atomic mass is 19.2. The number of hydrogen-bond donors (Lipinski definition) is 6. The van der Waals surface area contributed by atoms with Crippen LogP contribution < -0.4 is 16.5 Å². The Balaban J connectivity index is 1.84.